The zero-order valence-electron chi connectivity index (χ0n) is 10.2. The van der Waals surface area contributed by atoms with Crippen molar-refractivity contribution in [3.05, 3.63) is 29.8 Å². The van der Waals surface area contributed by atoms with Crippen molar-refractivity contribution in [3.63, 3.8) is 0 Å². The van der Waals surface area contributed by atoms with Crippen LogP contribution in [0.3, 0.4) is 0 Å². The van der Waals surface area contributed by atoms with Crippen molar-refractivity contribution in [1.82, 2.24) is 0 Å². The Morgan fingerprint density at radius 1 is 1.35 bits per heavy atom. The molecule has 0 saturated heterocycles. The highest BCUT2D eigenvalue weighted by Gasteiger charge is 2.01. The molecule has 4 heteroatoms. The molecule has 1 aromatic carbocycles. The van der Waals surface area contributed by atoms with Gasteiger partial charge in [0.25, 0.3) is 0 Å². The zero-order chi connectivity index (χ0) is 12.5. The maximum absolute atomic E-state index is 11.5. The number of carbonyl (C=O) groups excluding carboxylic acids is 1. The fourth-order valence-electron chi connectivity index (χ4n) is 1.45. The van der Waals surface area contributed by atoms with Crippen LogP contribution in [0.2, 0.25) is 0 Å². The largest absolute Gasteiger partial charge is 0.381 e. The Bertz CT molecular complexity index is 336. The van der Waals surface area contributed by atoms with Gasteiger partial charge in [0.15, 0.2) is 0 Å². The highest BCUT2D eigenvalue weighted by atomic mass is 16.5. The van der Waals surface area contributed by atoms with E-state index in [4.69, 9.17) is 10.5 Å². The monoisotopic (exact) mass is 236 g/mol. The lowest BCUT2D eigenvalue weighted by molar-refractivity contribution is -0.117. The Labute approximate surface area is 102 Å². The summed E-state index contributed by atoms with van der Waals surface area (Å²) in [6.45, 7) is 3.66. The van der Waals surface area contributed by atoms with E-state index < -0.39 is 0 Å². The van der Waals surface area contributed by atoms with E-state index in [1.165, 1.54) is 5.56 Å². The van der Waals surface area contributed by atoms with Crippen LogP contribution in [0.1, 0.15) is 18.9 Å². The molecule has 0 aromatic heterocycles. The summed E-state index contributed by atoms with van der Waals surface area (Å²) in [6.07, 6.45) is 1.25. The summed E-state index contributed by atoms with van der Waals surface area (Å²) in [5, 5.41) is 2.82. The second-order valence-corrected chi connectivity index (χ2v) is 3.73. The minimum Gasteiger partial charge on any atom is -0.381 e. The molecule has 17 heavy (non-hydrogen) atoms. The van der Waals surface area contributed by atoms with Gasteiger partial charge in [0.2, 0.25) is 5.91 Å². The first-order valence-corrected chi connectivity index (χ1v) is 5.93. The van der Waals surface area contributed by atoms with E-state index in [1.807, 2.05) is 31.2 Å². The quantitative estimate of drug-likeness (QED) is 0.706. The van der Waals surface area contributed by atoms with Crippen molar-refractivity contribution >= 4 is 11.6 Å². The van der Waals surface area contributed by atoms with Crippen LogP contribution in [-0.2, 0) is 16.0 Å². The minimum atomic E-state index is -0.0231. The predicted molar refractivity (Wildman–Crippen MR) is 68.9 cm³/mol. The molecule has 0 fully saturated rings. The van der Waals surface area contributed by atoms with E-state index in [-0.39, 0.29) is 5.91 Å². The summed E-state index contributed by atoms with van der Waals surface area (Å²) in [6, 6.07) is 7.74. The second-order valence-electron chi connectivity index (χ2n) is 3.73. The lowest BCUT2D eigenvalue weighted by atomic mass is 10.1. The van der Waals surface area contributed by atoms with Gasteiger partial charge in [0.05, 0.1) is 13.0 Å². The standard InChI is InChI=1S/C13H20N2O2/c1-2-17-10-8-13(16)15-12-5-3-11(4-6-12)7-9-14/h3-6H,2,7-10,14H2,1H3,(H,15,16). The third kappa shape index (κ3) is 5.47. The average Bonchev–Trinajstić information content (AvgIpc) is 2.32. The normalized spacial score (nSPS) is 10.2. The van der Waals surface area contributed by atoms with Crippen LogP contribution in [0.15, 0.2) is 24.3 Å². The Hall–Kier alpha value is -1.39. The van der Waals surface area contributed by atoms with Gasteiger partial charge in [-0.15, -0.1) is 0 Å². The van der Waals surface area contributed by atoms with E-state index in [1.54, 1.807) is 0 Å². The first-order chi connectivity index (χ1) is 8.26. The highest BCUT2D eigenvalue weighted by molar-refractivity contribution is 5.90. The molecule has 0 bridgehead atoms. The summed E-state index contributed by atoms with van der Waals surface area (Å²) in [5.41, 5.74) is 7.46. The molecule has 94 valence electrons. The molecular weight excluding hydrogens is 216 g/mol. The zero-order valence-corrected chi connectivity index (χ0v) is 10.2. The summed E-state index contributed by atoms with van der Waals surface area (Å²) in [5.74, 6) is -0.0231. The van der Waals surface area contributed by atoms with Crippen molar-refractivity contribution in [3.8, 4) is 0 Å². The van der Waals surface area contributed by atoms with Crippen LogP contribution in [0, 0.1) is 0 Å². The number of benzene rings is 1. The van der Waals surface area contributed by atoms with E-state index in [2.05, 4.69) is 5.32 Å². The van der Waals surface area contributed by atoms with Crippen molar-refractivity contribution in [1.29, 1.82) is 0 Å². The molecule has 0 atom stereocenters. The van der Waals surface area contributed by atoms with E-state index in [0.717, 1.165) is 12.1 Å². The van der Waals surface area contributed by atoms with Gasteiger partial charge in [-0.3, -0.25) is 4.79 Å². The fourth-order valence-corrected chi connectivity index (χ4v) is 1.45. The van der Waals surface area contributed by atoms with Gasteiger partial charge < -0.3 is 15.8 Å². The lowest BCUT2D eigenvalue weighted by Crippen LogP contribution is -2.14. The first kappa shape index (κ1) is 13.7. The summed E-state index contributed by atoms with van der Waals surface area (Å²) in [4.78, 5) is 11.5. The molecule has 0 heterocycles. The molecule has 3 N–H and O–H groups in total. The van der Waals surface area contributed by atoms with Gasteiger partial charge >= 0.3 is 0 Å². The van der Waals surface area contributed by atoms with Gasteiger partial charge in [0.1, 0.15) is 0 Å². The fraction of sp³-hybridized carbons (Fsp3) is 0.462. The van der Waals surface area contributed by atoms with Gasteiger partial charge in [0, 0.05) is 12.3 Å². The molecule has 0 aliphatic carbocycles. The number of anilines is 1. The topological polar surface area (TPSA) is 64.3 Å². The number of amides is 1. The predicted octanol–water partition coefficient (Wildman–Crippen LogP) is 1.55. The number of nitrogens with two attached hydrogens (primary N) is 1. The third-order valence-electron chi connectivity index (χ3n) is 2.35. The third-order valence-corrected chi connectivity index (χ3v) is 2.35. The lowest BCUT2D eigenvalue weighted by Gasteiger charge is -2.06. The van der Waals surface area contributed by atoms with E-state index in [9.17, 15) is 4.79 Å². The molecule has 0 unspecified atom stereocenters. The number of hydrogen-bond acceptors (Lipinski definition) is 3. The molecule has 0 spiro atoms. The van der Waals surface area contributed by atoms with Gasteiger partial charge in [-0.05, 0) is 37.6 Å². The maximum Gasteiger partial charge on any atom is 0.226 e. The van der Waals surface area contributed by atoms with Gasteiger partial charge in [-0.1, -0.05) is 12.1 Å². The summed E-state index contributed by atoms with van der Waals surface area (Å²) < 4.78 is 5.12. The first-order valence-electron chi connectivity index (χ1n) is 5.93. The maximum atomic E-state index is 11.5. The van der Waals surface area contributed by atoms with Crippen LogP contribution < -0.4 is 11.1 Å². The molecule has 0 radical (unpaired) electrons. The number of carbonyl (C=O) groups is 1. The van der Waals surface area contributed by atoms with Crippen molar-refractivity contribution in [2.45, 2.75) is 19.8 Å². The van der Waals surface area contributed by atoms with Gasteiger partial charge in [-0.2, -0.15) is 0 Å². The molecule has 4 nitrogen and oxygen atoms in total. The Morgan fingerprint density at radius 2 is 2.06 bits per heavy atom. The number of rotatable bonds is 7. The molecular formula is C13H20N2O2. The Morgan fingerprint density at radius 3 is 2.65 bits per heavy atom. The van der Waals surface area contributed by atoms with Crippen LogP contribution >= 0.6 is 0 Å². The molecule has 1 amide bonds. The summed E-state index contributed by atoms with van der Waals surface area (Å²) >= 11 is 0. The van der Waals surface area contributed by atoms with Crippen LogP contribution in [-0.4, -0.2) is 25.7 Å². The van der Waals surface area contributed by atoms with Crippen LogP contribution in [0.25, 0.3) is 0 Å². The number of ether oxygens (including phenoxy) is 1. The molecule has 1 rings (SSSR count). The van der Waals surface area contributed by atoms with E-state index in [0.29, 0.717) is 26.2 Å². The Balaban J connectivity index is 2.37. The molecule has 1 aromatic rings. The van der Waals surface area contributed by atoms with E-state index >= 15 is 0 Å². The van der Waals surface area contributed by atoms with Crippen LogP contribution in [0.5, 0.6) is 0 Å². The molecule has 0 saturated carbocycles. The second kappa shape index (κ2) is 7.81. The molecule has 0 aliphatic rings. The number of hydrogen-bond donors (Lipinski definition) is 2. The van der Waals surface area contributed by atoms with Crippen molar-refractivity contribution < 1.29 is 9.53 Å². The van der Waals surface area contributed by atoms with Crippen LogP contribution in [0.4, 0.5) is 5.69 Å². The molecule has 0 aliphatic heterocycles. The number of nitrogens with one attached hydrogen (secondary N) is 1. The van der Waals surface area contributed by atoms with Crippen molar-refractivity contribution in [2.75, 3.05) is 25.1 Å². The average molecular weight is 236 g/mol. The summed E-state index contributed by atoms with van der Waals surface area (Å²) in [7, 11) is 0. The minimum absolute atomic E-state index is 0.0231. The smallest absolute Gasteiger partial charge is 0.226 e. The SMILES string of the molecule is CCOCCC(=O)Nc1ccc(CCN)cc1. The Kier molecular flexibility index (Phi) is 6.29. The van der Waals surface area contributed by atoms with Crippen molar-refractivity contribution in [2.24, 2.45) is 5.73 Å². The highest BCUT2D eigenvalue weighted by Crippen LogP contribution is 2.10. The van der Waals surface area contributed by atoms with Gasteiger partial charge in [-0.25, -0.2) is 0 Å².